The van der Waals surface area contributed by atoms with Gasteiger partial charge in [0, 0.05) is 11.1 Å². The largest absolute Gasteiger partial charge is 0.482 e. The van der Waals surface area contributed by atoms with Gasteiger partial charge in [0.15, 0.2) is 6.61 Å². The highest BCUT2D eigenvalue weighted by atomic mass is 16.6. The van der Waals surface area contributed by atoms with E-state index in [2.05, 4.69) is 29.6 Å². The van der Waals surface area contributed by atoms with Crippen molar-refractivity contribution in [3.05, 3.63) is 29.5 Å². The summed E-state index contributed by atoms with van der Waals surface area (Å²) < 4.78 is 14.4. The Labute approximate surface area is 128 Å². The van der Waals surface area contributed by atoms with Crippen molar-refractivity contribution in [2.24, 2.45) is 0 Å². The van der Waals surface area contributed by atoms with Gasteiger partial charge in [-0.05, 0) is 28.5 Å². The lowest BCUT2D eigenvalue weighted by atomic mass is 10.1. The number of methoxy groups -OCH3 is 1. The molecule has 1 aromatic carbocycles. The number of hydrogen-bond donors (Lipinski definition) is 0. The highest BCUT2D eigenvalue weighted by molar-refractivity contribution is 6.20. The lowest BCUT2D eigenvalue weighted by Gasteiger charge is -2.06. The number of rotatable bonds is 3. The molecule has 0 fully saturated rings. The molecule has 2 heterocycles. The molecule has 2 aromatic heterocycles. The summed E-state index contributed by atoms with van der Waals surface area (Å²) in [7, 11) is 1.27. The number of ketones is 1. The molecule has 1 aliphatic rings. The minimum absolute atomic E-state index is 0.173. The van der Waals surface area contributed by atoms with Crippen LogP contribution in [-0.4, -0.2) is 45.8 Å². The first-order valence-corrected chi connectivity index (χ1v) is 6.56. The Balaban J connectivity index is 1.78. The maximum absolute atomic E-state index is 12.4. The van der Waals surface area contributed by atoms with Gasteiger partial charge in [-0.1, -0.05) is 0 Å². The lowest BCUT2D eigenvalue weighted by molar-refractivity contribution is -0.142. The third kappa shape index (κ3) is 2.01. The molecule has 0 amide bonds. The van der Waals surface area contributed by atoms with Crippen LogP contribution in [0.1, 0.15) is 16.1 Å². The van der Waals surface area contributed by atoms with E-state index in [9.17, 15) is 9.59 Å². The fourth-order valence-corrected chi connectivity index (χ4v) is 2.32. The summed E-state index contributed by atoms with van der Waals surface area (Å²) in [5.41, 5.74) is 1.97. The summed E-state index contributed by atoms with van der Waals surface area (Å²) in [6.45, 7) is -0.228. The van der Waals surface area contributed by atoms with Gasteiger partial charge < -0.3 is 9.47 Å². The molecule has 0 saturated heterocycles. The SMILES string of the molecule is COC(=O)COc1ccc2c(c1)-c1nc3nonc3nc1C2=O. The summed E-state index contributed by atoms with van der Waals surface area (Å²) in [6.07, 6.45) is 0. The van der Waals surface area contributed by atoms with Crippen LogP contribution in [0.15, 0.2) is 22.8 Å². The maximum atomic E-state index is 12.4. The molecular formula is C14H8N4O5. The number of carbonyl (C=O) groups excluding carboxylic acids is 2. The lowest BCUT2D eigenvalue weighted by Crippen LogP contribution is -2.12. The van der Waals surface area contributed by atoms with Crippen LogP contribution in [0.5, 0.6) is 5.75 Å². The Kier molecular flexibility index (Phi) is 2.80. The van der Waals surface area contributed by atoms with Gasteiger partial charge in [0.1, 0.15) is 17.1 Å². The predicted octanol–water partition coefficient (Wildman–Crippen LogP) is 0.776. The van der Waals surface area contributed by atoms with Gasteiger partial charge >= 0.3 is 5.97 Å². The summed E-state index contributed by atoms with van der Waals surface area (Å²) in [5, 5.41) is 7.20. The first-order chi connectivity index (χ1) is 11.2. The second-order valence-corrected chi connectivity index (χ2v) is 4.73. The molecule has 9 heteroatoms. The first-order valence-electron chi connectivity index (χ1n) is 6.56. The van der Waals surface area contributed by atoms with E-state index >= 15 is 0 Å². The highest BCUT2D eigenvalue weighted by Gasteiger charge is 2.31. The van der Waals surface area contributed by atoms with Gasteiger partial charge in [0.05, 0.1) is 7.11 Å². The van der Waals surface area contributed by atoms with E-state index in [4.69, 9.17) is 4.74 Å². The van der Waals surface area contributed by atoms with Gasteiger partial charge in [-0.3, -0.25) is 4.79 Å². The van der Waals surface area contributed by atoms with Gasteiger partial charge in [-0.15, -0.1) is 0 Å². The van der Waals surface area contributed by atoms with Crippen LogP contribution in [0.25, 0.3) is 22.6 Å². The number of carbonyl (C=O) groups is 2. The molecule has 114 valence electrons. The minimum Gasteiger partial charge on any atom is -0.482 e. The van der Waals surface area contributed by atoms with Crippen LogP contribution < -0.4 is 4.74 Å². The van der Waals surface area contributed by atoms with Crippen LogP contribution in [0.2, 0.25) is 0 Å². The van der Waals surface area contributed by atoms with E-state index in [1.807, 2.05) is 0 Å². The van der Waals surface area contributed by atoms with Gasteiger partial charge in [-0.25, -0.2) is 19.4 Å². The van der Waals surface area contributed by atoms with E-state index < -0.39 is 5.97 Å². The molecule has 1 aliphatic carbocycles. The molecule has 3 aromatic rings. The van der Waals surface area contributed by atoms with E-state index in [1.165, 1.54) is 7.11 Å². The number of nitrogens with zero attached hydrogens (tertiary/aromatic N) is 4. The van der Waals surface area contributed by atoms with Crippen molar-refractivity contribution in [3.63, 3.8) is 0 Å². The van der Waals surface area contributed by atoms with E-state index in [1.54, 1.807) is 18.2 Å². The van der Waals surface area contributed by atoms with Crippen LogP contribution in [-0.2, 0) is 9.53 Å². The van der Waals surface area contributed by atoms with Crippen molar-refractivity contribution in [1.29, 1.82) is 0 Å². The predicted molar refractivity (Wildman–Crippen MR) is 73.8 cm³/mol. The molecule has 0 radical (unpaired) electrons. The normalized spacial score (nSPS) is 12.1. The maximum Gasteiger partial charge on any atom is 0.343 e. The third-order valence-corrected chi connectivity index (χ3v) is 3.40. The number of aromatic nitrogens is 4. The van der Waals surface area contributed by atoms with Crippen molar-refractivity contribution in [2.45, 2.75) is 0 Å². The second kappa shape index (κ2) is 4.83. The Bertz CT molecular complexity index is 965. The zero-order valence-electron chi connectivity index (χ0n) is 11.8. The summed E-state index contributed by atoms with van der Waals surface area (Å²) in [4.78, 5) is 31.9. The summed E-state index contributed by atoms with van der Waals surface area (Å²) in [6, 6.07) is 4.82. The van der Waals surface area contributed by atoms with Crippen LogP contribution in [0, 0.1) is 0 Å². The van der Waals surface area contributed by atoms with Crippen molar-refractivity contribution >= 4 is 23.0 Å². The average Bonchev–Trinajstić information content (AvgIpc) is 3.14. The molecule has 0 atom stereocenters. The van der Waals surface area contributed by atoms with Gasteiger partial charge in [0.2, 0.25) is 17.1 Å². The average molecular weight is 312 g/mol. The first kappa shape index (κ1) is 13.3. The molecule has 9 nitrogen and oxygen atoms in total. The molecule has 0 unspecified atom stereocenters. The van der Waals surface area contributed by atoms with Gasteiger partial charge in [-0.2, -0.15) is 0 Å². The Morgan fingerprint density at radius 1 is 1.13 bits per heavy atom. The minimum atomic E-state index is -0.503. The highest BCUT2D eigenvalue weighted by Crippen LogP contribution is 2.36. The zero-order chi connectivity index (χ0) is 16.0. The molecule has 0 N–H and O–H groups in total. The van der Waals surface area contributed by atoms with E-state index in [0.717, 1.165) is 0 Å². The quantitative estimate of drug-likeness (QED) is 0.505. The van der Waals surface area contributed by atoms with Crippen molar-refractivity contribution in [1.82, 2.24) is 20.3 Å². The molecule has 0 bridgehead atoms. The zero-order valence-corrected chi connectivity index (χ0v) is 11.8. The number of benzene rings is 1. The Morgan fingerprint density at radius 3 is 2.61 bits per heavy atom. The molecule has 0 aliphatic heterocycles. The molecule has 23 heavy (non-hydrogen) atoms. The fourth-order valence-electron chi connectivity index (χ4n) is 2.32. The molecule has 4 rings (SSSR count). The van der Waals surface area contributed by atoms with Crippen LogP contribution in [0.3, 0.4) is 0 Å². The monoisotopic (exact) mass is 312 g/mol. The Hall–Kier alpha value is -3.36. The van der Waals surface area contributed by atoms with Crippen LogP contribution in [0.4, 0.5) is 0 Å². The van der Waals surface area contributed by atoms with E-state index in [0.29, 0.717) is 22.6 Å². The summed E-state index contributed by atoms with van der Waals surface area (Å²) in [5.74, 6) is -0.348. The van der Waals surface area contributed by atoms with Crippen molar-refractivity contribution in [3.8, 4) is 17.0 Å². The smallest absolute Gasteiger partial charge is 0.343 e. The topological polar surface area (TPSA) is 117 Å². The standard InChI is InChI=1S/C14H8N4O5/c1-21-9(19)5-22-6-2-3-7-8(4-6)10-11(12(7)20)16-14-13(15-10)17-23-18-14/h2-4H,5H2,1H3. The molecule has 0 saturated carbocycles. The third-order valence-electron chi connectivity index (χ3n) is 3.40. The number of hydrogen-bond acceptors (Lipinski definition) is 9. The molecular weight excluding hydrogens is 304 g/mol. The number of fused-ring (bicyclic) bond motifs is 4. The number of esters is 1. The summed E-state index contributed by atoms with van der Waals surface area (Å²) >= 11 is 0. The Morgan fingerprint density at radius 2 is 1.87 bits per heavy atom. The fraction of sp³-hybridized carbons (Fsp3) is 0.143. The number of ether oxygens (including phenoxy) is 2. The van der Waals surface area contributed by atoms with Crippen LogP contribution >= 0.6 is 0 Å². The van der Waals surface area contributed by atoms with Crippen molar-refractivity contribution < 1.29 is 23.7 Å². The van der Waals surface area contributed by atoms with Crippen molar-refractivity contribution in [2.75, 3.05) is 13.7 Å². The van der Waals surface area contributed by atoms with Gasteiger partial charge in [0.25, 0.3) is 0 Å². The second-order valence-electron chi connectivity index (χ2n) is 4.73. The molecule has 0 spiro atoms. The van der Waals surface area contributed by atoms with E-state index in [-0.39, 0.29) is 29.4 Å².